The summed E-state index contributed by atoms with van der Waals surface area (Å²) in [6.45, 7) is 19.0. The average Bonchev–Trinajstić information content (AvgIpc) is 2.57. The molecular formula is C25H44O4. The molecule has 3 atom stereocenters. The number of ether oxygens (including phenoxy) is 2. The first-order valence-corrected chi connectivity index (χ1v) is 11.5. The SMILES string of the molecule is CC(CC(C)(C)COC(C)(C)C)OC(=O)C1C2CCC(CC2)C1C(=O)C(C)(C)C. The minimum absolute atomic E-state index is 0.0841. The highest BCUT2D eigenvalue weighted by Gasteiger charge is 2.52. The van der Waals surface area contributed by atoms with Crippen LogP contribution in [0.4, 0.5) is 0 Å². The largest absolute Gasteiger partial charge is 0.462 e. The van der Waals surface area contributed by atoms with Crippen LogP contribution in [0.1, 0.15) is 94.4 Å². The number of Topliss-reactive ketones (excluding diaryl/α,β-unsaturated/α-hetero) is 1. The van der Waals surface area contributed by atoms with Crippen molar-refractivity contribution in [3.63, 3.8) is 0 Å². The second-order valence-electron chi connectivity index (χ2n) is 12.4. The molecule has 0 N–H and O–H groups in total. The zero-order valence-corrected chi connectivity index (χ0v) is 20.3. The maximum absolute atomic E-state index is 13.2. The highest BCUT2D eigenvalue weighted by atomic mass is 16.5. The van der Waals surface area contributed by atoms with Crippen molar-refractivity contribution in [3.05, 3.63) is 0 Å². The zero-order chi connectivity index (χ0) is 22.2. The number of esters is 1. The lowest BCUT2D eigenvalue weighted by molar-refractivity contribution is -0.170. The van der Waals surface area contributed by atoms with Crippen molar-refractivity contribution >= 4 is 11.8 Å². The van der Waals surface area contributed by atoms with Gasteiger partial charge in [-0.2, -0.15) is 0 Å². The summed E-state index contributed by atoms with van der Waals surface area (Å²) in [6.07, 6.45) is 4.82. The van der Waals surface area contributed by atoms with Crippen LogP contribution in [0.25, 0.3) is 0 Å². The zero-order valence-electron chi connectivity index (χ0n) is 20.3. The molecule has 3 saturated carbocycles. The van der Waals surface area contributed by atoms with E-state index >= 15 is 0 Å². The molecule has 0 saturated heterocycles. The van der Waals surface area contributed by atoms with Gasteiger partial charge in [-0.3, -0.25) is 9.59 Å². The second kappa shape index (κ2) is 8.69. The monoisotopic (exact) mass is 408 g/mol. The van der Waals surface area contributed by atoms with Gasteiger partial charge in [0.1, 0.15) is 5.78 Å². The predicted molar refractivity (Wildman–Crippen MR) is 117 cm³/mol. The van der Waals surface area contributed by atoms with Gasteiger partial charge >= 0.3 is 5.97 Å². The van der Waals surface area contributed by atoms with E-state index in [4.69, 9.17) is 9.47 Å². The molecule has 0 radical (unpaired) electrons. The van der Waals surface area contributed by atoms with Crippen molar-refractivity contribution in [1.29, 1.82) is 0 Å². The average molecular weight is 409 g/mol. The Morgan fingerprint density at radius 1 is 0.862 bits per heavy atom. The fraction of sp³-hybridized carbons (Fsp3) is 0.920. The standard InChI is InChI=1S/C25H44O4/c1-16(14-25(8,9)15-28-24(5,6)7)29-22(27)20-18-12-10-17(11-13-18)19(20)21(26)23(2,3)4/h16-20H,10-15H2,1-9H3. The van der Waals surface area contributed by atoms with E-state index in [-0.39, 0.29) is 40.7 Å². The molecular weight excluding hydrogens is 364 g/mol. The third kappa shape index (κ3) is 6.54. The summed E-state index contributed by atoms with van der Waals surface area (Å²) in [5, 5.41) is 0. The van der Waals surface area contributed by atoms with Gasteiger partial charge in [-0.15, -0.1) is 0 Å². The van der Waals surface area contributed by atoms with E-state index < -0.39 is 5.41 Å². The summed E-state index contributed by atoms with van der Waals surface area (Å²) in [6, 6.07) is 0. The van der Waals surface area contributed by atoms with Crippen LogP contribution in [0.5, 0.6) is 0 Å². The quantitative estimate of drug-likeness (QED) is 0.498. The molecule has 168 valence electrons. The van der Waals surface area contributed by atoms with Gasteiger partial charge in [0, 0.05) is 11.3 Å². The molecule has 29 heavy (non-hydrogen) atoms. The van der Waals surface area contributed by atoms with Crippen molar-refractivity contribution < 1.29 is 19.1 Å². The number of ketones is 1. The van der Waals surface area contributed by atoms with Crippen molar-refractivity contribution in [2.45, 2.75) is 106 Å². The van der Waals surface area contributed by atoms with Crippen molar-refractivity contribution in [2.75, 3.05) is 6.61 Å². The summed E-state index contributed by atoms with van der Waals surface area (Å²) in [5.41, 5.74) is -0.684. The van der Waals surface area contributed by atoms with Crippen LogP contribution in [-0.4, -0.2) is 30.1 Å². The molecule has 3 fully saturated rings. The number of fused-ring (bicyclic) bond motifs is 3. The smallest absolute Gasteiger partial charge is 0.310 e. The van der Waals surface area contributed by atoms with E-state index in [0.29, 0.717) is 18.4 Å². The van der Waals surface area contributed by atoms with Crippen LogP contribution >= 0.6 is 0 Å². The maximum Gasteiger partial charge on any atom is 0.310 e. The van der Waals surface area contributed by atoms with Crippen molar-refractivity contribution in [2.24, 2.45) is 34.5 Å². The molecule has 3 rings (SSSR count). The lowest BCUT2D eigenvalue weighted by Gasteiger charge is -2.48. The number of carbonyl (C=O) groups is 2. The van der Waals surface area contributed by atoms with E-state index in [1.54, 1.807) is 0 Å². The maximum atomic E-state index is 13.2. The highest BCUT2D eigenvalue weighted by Crippen LogP contribution is 2.51. The summed E-state index contributed by atoms with van der Waals surface area (Å²) in [4.78, 5) is 26.4. The molecule has 2 bridgehead atoms. The van der Waals surface area contributed by atoms with Gasteiger partial charge in [-0.05, 0) is 77.0 Å². The van der Waals surface area contributed by atoms with Crippen LogP contribution in [0.3, 0.4) is 0 Å². The highest BCUT2D eigenvalue weighted by molar-refractivity contribution is 5.91. The Bertz CT molecular complexity index is 585. The molecule has 3 aliphatic carbocycles. The van der Waals surface area contributed by atoms with Crippen molar-refractivity contribution in [3.8, 4) is 0 Å². The molecule has 0 heterocycles. The van der Waals surface area contributed by atoms with Gasteiger partial charge < -0.3 is 9.47 Å². The summed E-state index contributed by atoms with van der Waals surface area (Å²) < 4.78 is 11.9. The van der Waals surface area contributed by atoms with Gasteiger partial charge in [0.15, 0.2) is 0 Å². The van der Waals surface area contributed by atoms with Crippen molar-refractivity contribution in [1.82, 2.24) is 0 Å². The third-order valence-electron chi connectivity index (χ3n) is 6.59. The summed E-state index contributed by atoms with van der Waals surface area (Å²) in [7, 11) is 0. The van der Waals surface area contributed by atoms with E-state index in [1.165, 1.54) is 0 Å². The van der Waals surface area contributed by atoms with Gasteiger partial charge in [0.25, 0.3) is 0 Å². The van der Waals surface area contributed by atoms with Crippen LogP contribution in [0.2, 0.25) is 0 Å². The van der Waals surface area contributed by atoms with Gasteiger partial charge in [-0.1, -0.05) is 34.6 Å². The summed E-state index contributed by atoms with van der Waals surface area (Å²) in [5.74, 6) is 0.303. The van der Waals surface area contributed by atoms with Crippen LogP contribution in [-0.2, 0) is 19.1 Å². The Kier molecular flexibility index (Phi) is 7.30. The summed E-state index contributed by atoms with van der Waals surface area (Å²) >= 11 is 0. The molecule has 0 amide bonds. The van der Waals surface area contributed by atoms with Crippen LogP contribution in [0, 0.1) is 34.5 Å². The number of rotatable bonds is 7. The minimum Gasteiger partial charge on any atom is -0.462 e. The second-order valence-corrected chi connectivity index (χ2v) is 12.4. The first kappa shape index (κ1) is 24.4. The molecule has 0 aromatic carbocycles. The Morgan fingerprint density at radius 3 is 1.79 bits per heavy atom. The number of hydrogen-bond donors (Lipinski definition) is 0. The molecule has 3 aliphatic rings. The number of carbonyl (C=O) groups excluding carboxylic acids is 2. The number of hydrogen-bond acceptors (Lipinski definition) is 4. The van der Waals surface area contributed by atoms with Gasteiger partial charge in [-0.25, -0.2) is 0 Å². The van der Waals surface area contributed by atoms with Crippen LogP contribution in [0.15, 0.2) is 0 Å². The van der Waals surface area contributed by atoms with Crippen LogP contribution < -0.4 is 0 Å². The Hall–Kier alpha value is -0.900. The minimum atomic E-state index is -0.418. The molecule has 0 spiro atoms. The third-order valence-corrected chi connectivity index (χ3v) is 6.59. The molecule has 0 aromatic heterocycles. The van der Waals surface area contributed by atoms with E-state index in [0.717, 1.165) is 32.1 Å². The normalized spacial score (nSPS) is 28.9. The van der Waals surface area contributed by atoms with Gasteiger partial charge in [0.05, 0.1) is 24.2 Å². The first-order chi connectivity index (χ1) is 13.1. The lowest BCUT2D eigenvalue weighted by Crippen LogP contribution is -2.51. The molecule has 4 heteroatoms. The predicted octanol–water partition coefficient (Wildman–Crippen LogP) is 5.82. The Labute approximate surface area is 178 Å². The Balaban J connectivity index is 2.04. The Morgan fingerprint density at radius 2 is 1.34 bits per heavy atom. The lowest BCUT2D eigenvalue weighted by atomic mass is 9.55. The van der Waals surface area contributed by atoms with E-state index in [2.05, 4.69) is 34.6 Å². The van der Waals surface area contributed by atoms with E-state index in [1.807, 2.05) is 27.7 Å². The topological polar surface area (TPSA) is 52.6 Å². The van der Waals surface area contributed by atoms with E-state index in [9.17, 15) is 9.59 Å². The van der Waals surface area contributed by atoms with Gasteiger partial charge in [0.2, 0.25) is 0 Å². The molecule has 3 unspecified atom stereocenters. The molecule has 0 aliphatic heterocycles. The molecule has 0 aromatic rings. The molecule has 4 nitrogen and oxygen atoms in total. The fourth-order valence-corrected chi connectivity index (χ4v) is 5.23. The fourth-order valence-electron chi connectivity index (χ4n) is 5.23. The first-order valence-electron chi connectivity index (χ1n) is 11.5.